The van der Waals surface area contributed by atoms with E-state index in [4.69, 9.17) is 11.6 Å². The van der Waals surface area contributed by atoms with Gasteiger partial charge in [0.2, 0.25) is 0 Å². The average Bonchev–Trinajstić information content (AvgIpc) is 2.43. The normalized spacial score (nSPS) is 17.9. The number of benzene rings is 2. The molecule has 2 aromatic rings. The third-order valence-electron chi connectivity index (χ3n) is 3.49. The van der Waals surface area contributed by atoms with Crippen LogP contribution in [0.25, 0.3) is 0 Å². The number of thioether (sulfide) groups is 1. The van der Waals surface area contributed by atoms with Crippen molar-refractivity contribution in [2.24, 2.45) is 0 Å². The lowest BCUT2D eigenvalue weighted by Gasteiger charge is -2.27. The van der Waals surface area contributed by atoms with Crippen LogP contribution in [0.5, 0.6) is 0 Å². The average molecular weight is 290 g/mol. The van der Waals surface area contributed by atoms with Crippen molar-refractivity contribution in [2.45, 2.75) is 24.3 Å². The quantitative estimate of drug-likeness (QED) is 0.805. The summed E-state index contributed by atoms with van der Waals surface area (Å²) in [6, 6.07) is 15.1. The molecule has 0 aromatic heterocycles. The third-order valence-corrected chi connectivity index (χ3v) is 4.85. The van der Waals surface area contributed by atoms with Crippen molar-refractivity contribution in [1.29, 1.82) is 0 Å². The lowest BCUT2D eigenvalue weighted by atomic mass is 10.0. The van der Waals surface area contributed by atoms with Crippen molar-refractivity contribution >= 4 is 29.1 Å². The predicted molar refractivity (Wildman–Crippen MR) is 84.3 cm³/mol. The van der Waals surface area contributed by atoms with Gasteiger partial charge in [-0.15, -0.1) is 11.8 Å². The van der Waals surface area contributed by atoms with Crippen LogP contribution in [-0.4, -0.2) is 5.75 Å². The fourth-order valence-electron chi connectivity index (χ4n) is 2.43. The van der Waals surface area contributed by atoms with Gasteiger partial charge < -0.3 is 5.32 Å². The number of aryl methyl sites for hydroxylation is 1. The minimum atomic E-state index is 0.384. The summed E-state index contributed by atoms with van der Waals surface area (Å²) in [7, 11) is 0. The fraction of sp³-hybridized carbons (Fsp3) is 0.250. The predicted octanol–water partition coefficient (Wildman–Crippen LogP) is 5.30. The zero-order valence-electron chi connectivity index (χ0n) is 10.8. The van der Waals surface area contributed by atoms with E-state index >= 15 is 0 Å². The van der Waals surface area contributed by atoms with Crippen LogP contribution in [0, 0.1) is 6.92 Å². The second-order valence-corrected chi connectivity index (χ2v) is 6.40. The summed E-state index contributed by atoms with van der Waals surface area (Å²) in [5, 5.41) is 4.43. The lowest BCUT2D eigenvalue weighted by Crippen LogP contribution is -2.16. The molecular weight excluding hydrogens is 274 g/mol. The van der Waals surface area contributed by atoms with Crippen molar-refractivity contribution in [2.75, 3.05) is 11.1 Å². The Morgan fingerprint density at radius 2 is 2.05 bits per heavy atom. The van der Waals surface area contributed by atoms with Crippen LogP contribution in [0.3, 0.4) is 0 Å². The van der Waals surface area contributed by atoms with E-state index in [1.807, 2.05) is 23.9 Å². The van der Waals surface area contributed by atoms with Crippen molar-refractivity contribution in [3.05, 3.63) is 58.6 Å². The molecule has 0 amide bonds. The Kier molecular flexibility index (Phi) is 3.72. The Morgan fingerprint density at radius 3 is 2.95 bits per heavy atom. The van der Waals surface area contributed by atoms with Gasteiger partial charge in [-0.05, 0) is 42.7 Å². The van der Waals surface area contributed by atoms with Crippen LogP contribution >= 0.6 is 23.4 Å². The summed E-state index contributed by atoms with van der Waals surface area (Å²) in [5.74, 6) is 1.16. The number of halogens is 1. The molecule has 98 valence electrons. The Bertz CT molecular complexity index is 597. The topological polar surface area (TPSA) is 12.0 Å². The molecule has 0 spiro atoms. The molecule has 1 nitrogen and oxygen atoms in total. The molecular formula is C16H16ClNS. The van der Waals surface area contributed by atoms with E-state index in [0.717, 1.165) is 22.9 Å². The van der Waals surface area contributed by atoms with E-state index in [9.17, 15) is 0 Å². The molecule has 3 heteroatoms. The Balaban J connectivity index is 1.90. The van der Waals surface area contributed by atoms with Crippen LogP contribution < -0.4 is 5.32 Å². The maximum absolute atomic E-state index is 6.09. The summed E-state index contributed by atoms with van der Waals surface area (Å²) in [5.41, 5.74) is 3.78. The molecule has 0 saturated carbocycles. The van der Waals surface area contributed by atoms with Crippen LogP contribution in [0.2, 0.25) is 5.02 Å². The standard InChI is InChI=1S/C16H16ClNS/c1-11-6-7-12(17)10-15(11)18-14-8-9-19-16-5-3-2-4-13(14)16/h2-7,10,14,18H,8-9H2,1H3. The van der Waals surface area contributed by atoms with Gasteiger partial charge in [0.05, 0.1) is 6.04 Å². The Hall–Kier alpha value is -1.12. The SMILES string of the molecule is Cc1ccc(Cl)cc1NC1CCSc2ccccc21. The van der Waals surface area contributed by atoms with E-state index < -0.39 is 0 Å². The van der Waals surface area contributed by atoms with Crippen LogP contribution in [0.15, 0.2) is 47.4 Å². The summed E-state index contributed by atoms with van der Waals surface area (Å²) >= 11 is 8.03. The molecule has 0 aliphatic carbocycles. The summed E-state index contributed by atoms with van der Waals surface area (Å²) in [6.45, 7) is 2.11. The van der Waals surface area contributed by atoms with Crippen molar-refractivity contribution in [3.8, 4) is 0 Å². The highest BCUT2D eigenvalue weighted by Crippen LogP contribution is 2.38. The smallest absolute Gasteiger partial charge is 0.0532 e. The second kappa shape index (κ2) is 5.48. The number of fused-ring (bicyclic) bond motifs is 1. The summed E-state index contributed by atoms with van der Waals surface area (Å²) in [4.78, 5) is 1.39. The van der Waals surface area contributed by atoms with E-state index in [1.54, 1.807) is 0 Å². The molecule has 0 bridgehead atoms. The van der Waals surface area contributed by atoms with E-state index in [2.05, 4.69) is 42.6 Å². The molecule has 19 heavy (non-hydrogen) atoms. The van der Waals surface area contributed by atoms with Crippen LogP contribution in [0.1, 0.15) is 23.6 Å². The van der Waals surface area contributed by atoms with E-state index in [-0.39, 0.29) is 0 Å². The van der Waals surface area contributed by atoms with Gasteiger partial charge in [0.25, 0.3) is 0 Å². The zero-order chi connectivity index (χ0) is 13.2. The molecule has 1 N–H and O–H groups in total. The minimum absolute atomic E-state index is 0.384. The van der Waals surface area contributed by atoms with Crippen molar-refractivity contribution < 1.29 is 0 Å². The second-order valence-electron chi connectivity index (χ2n) is 4.83. The van der Waals surface area contributed by atoms with Crippen molar-refractivity contribution in [3.63, 3.8) is 0 Å². The first-order valence-corrected chi connectivity index (χ1v) is 7.85. The third kappa shape index (κ3) is 2.75. The van der Waals surface area contributed by atoms with Gasteiger partial charge in [0.1, 0.15) is 0 Å². The lowest BCUT2D eigenvalue weighted by molar-refractivity contribution is 0.728. The molecule has 0 fully saturated rings. The number of rotatable bonds is 2. The monoisotopic (exact) mass is 289 g/mol. The number of anilines is 1. The summed E-state index contributed by atoms with van der Waals surface area (Å²) < 4.78 is 0. The van der Waals surface area contributed by atoms with Gasteiger partial charge in [-0.3, -0.25) is 0 Å². The first-order chi connectivity index (χ1) is 9.24. The molecule has 0 radical (unpaired) electrons. The largest absolute Gasteiger partial charge is 0.378 e. The molecule has 2 aromatic carbocycles. The number of nitrogens with one attached hydrogen (secondary N) is 1. The van der Waals surface area contributed by atoms with Gasteiger partial charge in [-0.25, -0.2) is 0 Å². The van der Waals surface area contributed by atoms with Gasteiger partial charge in [-0.1, -0.05) is 35.9 Å². The minimum Gasteiger partial charge on any atom is -0.378 e. The van der Waals surface area contributed by atoms with Gasteiger partial charge >= 0.3 is 0 Å². The van der Waals surface area contributed by atoms with Crippen LogP contribution in [0.4, 0.5) is 5.69 Å². The maximum atomic E-state index is 6.09. The van der Waals surface area contributed by atoms with Gasteiger partial charge in [-0.2, -0.15) is 0 Å². The van der Waals surface area contributed by atoms with E-state index in [1.165, 1.54) is 16.0 Å². The molecule has 1 aliphatic heterocycles. The van der Waals surface area contributed by atoms with Crippen molar-refractivity contribution in [1.82, 2.24) is 0 Å². The van der Waals surface area contributed by atoms with E-state index in [0.29, 0.717) is 6.04 Å². The number of hydrogen-bond donors (Lipinski definition) is 1. The Labute approximate surface area is 123 Å². The first-order valence-electron chi connectivity index (χ1n) is 6.48. The van der Waals surface area contributed by atoms with Crippen LogP contribution in [-0.2, 0) is 0 Å². The fourth-order valence-corrected chi connectivity index (χ4v) is 3.73. The Morgan fingerprint density at radius 1 is 1.21 bits per heavy atom. The molecule has 1 heterocycles. The first kappa shape index (κ1) is 12.9. The molecule has 3 rings (SSSR count). The van der Waals surface area contributed by atoms with Gasteiger partial charge in [0.15, 0.2) is 0 Å². The molecule has 0 saturated heterocycles. The van der Waals surface area contributed by atoms with Gasteiger partial charge in [0, 0.05) is 21.4 Å². The molecule has 1 atom stereocenters. The highest BCUT2D eigenvalue weighted by molar-refractivity contribution is 7.99. The number of hydrogen-bond acceptors (Lipinski definition) is 2. The molecule has 1 unspecified atom stereocenters. The highest BCUT2D eigenvalue weighted by Gasteiger charge is 2.20. The molecule has 1 aliphatic rings. The zero-order valence-corrected chi connectivity index (χ0v) is 12.4. The maximum Gasteiger partial charge on any atom is 0.0532 e. The highest BCUT2D eigenvalue weighted by atomic mass is 35.5. The summed E-state index contributed by atoms with van der Waals surface area (Å²) in [6.07, 6.45) is 1.15.